The predicted molar refractivity (Wildman–Crippen MR) is 117 cm³/mol. The summed E-state index contributed by atoms with van der Waals surface area (Å²) in [5.41, 5.74) is 4.82. The van der Waals surface area contributed by atoms with E-state index in [-0.39, 0.29) is 24.2 Å². The average molecular weight is 412 g/mol. The van der Waals surface area contributed by atoms with Crippen molar-refractivity contribution in [3.8, 4) is 5.75 Å². The quantitative estimate of drug-likeness (QED) is 0.484. The molecular weight excluding hydrogens is 386 g/mol. The summed E-state index contributed by atoms with van der Waals surface area (Å²) in [5, 5.41) is 3.66. The minimum atomic E-state index is -0.279. The van der Waals surface area contributed by atoms with Crippen LogP contribution < -0.4 is 10.1 Å². The molecule has 2 aromatic carbocycles. The average Bonchev–Trinajstić information content (AvgIpc) is 3.14. The Kier molecular flexibility index (Phi) is 6.33. The van der Waals surface area contributed by atoms with Crippen LogP contribution in [0.5, 0.6) is 5.75 Å². The van der Waals surface area contributed by atoms with Gasteiger partial charge in [-0.15, -0.1) is 0 Å². The van der Waals surface area contributed by atoms with Crippen molar-refractivity contribution >= 4 is 23.2 Å². The second-order valence-corrected chi connectivity index (χ2v) is 7.98. The van der Waals surface area contributed by atoms with Crippen molar-refractivity contribution in [2.24, 2.45) is 0 Å². The van der Waals surface area contributed by atoms with E-state index in [0.717, 1.165) is 38.7 Å². The standard InChI is InChI=1S/C24H26ClNO3/c1-14(2)19-12-20(25)17(5)11-22(19)28-13-18-9-10-21(29-18)24(27)26-23-15(3)7-6-8-16(23)4/h6-12,14H,13H2,1-5H3,(H,26,27). The molecule has 0 spiro atoms. The summed E-state index contributed by atoms with van der Waals surface area (Å²) in [6.45, 7) is 10.3. The van der Waals surface area contributed by atoms with Crippen molar-refractivity contribution < 1.29 is 13.9 Å². The Morgan fingerprint density at radius 3 is 2.41 bits per heavy atom. The van der Waals surface area contributed by atoms with E-state index in [1.165, 1.54) is 0 Å². The van der Waals surface area contributed by atoms with Crippen molar-refractivity contribution in [2.75, 3.05) is 5.32 Å². The summed E-state index contributed by atoms with van der Waals surface area (Å²) in [4.78, 5) is 12.6. The normalized spacial score (nSPS) is 11.0. The molecule has 1 heterocycles. The Morgan fingerprint density at radius 2 is 1.76 bits per heavy atom. The summed E-state index contributed by atoms with van der Waals surface area (Å²) in [6.07, 6.45) is 0. The maximum absolute atomic E-state index is 12.6. The van der Waals surface area contributed by atoms with Crippen LogP contribution in [-0.4, -0.2) is 5.91 Å². The summed E-state index contributed by atoms with van der Waals surface area (Å²) in [7, 11) is 0. The number of ether oxygens (including phenoxy) is 1. The maximum Gasteiger partial charge on any atom is 0.291 e. The van der Waals surface area contributed by atoms with Crippen LogP contribution >= 0.6 is 11.6 Å². The van der Waals surface area contributed by atoms with Gasteiger partial charge in [-0.3, -0.25) is 4.79 Å². The lowest BCUT2D eigenvalue weighted by atomic mass is 10.0. The summed E-state index contributed by atoms with van der Waals surface area (Å²) >= 11 is 6.26. The van der Waals surface area contributed by atoms with Gasteiger partial charge in [-0.2, -0.15) is 0 Å². The Morgan fingerprint density at radius 1 is 1.07 bits per heavy atom. The molecule has 29 heavy (non-hydrogen) atoms. The van der Waals surface area contributed by atoms with Crippen molar-refractivity contribution in [1.82, 2.24) is 0 Å². The lowest BCUT2D eigenvalue weighted by molar-refractivity contribution is 0.0992. The fraction of sp³-hybridized carbons (Fsp3) is 0.292. The fourth-order valence-corrected chi connectivity index (χ4v) is 3.33. The number of hydrogen-bond donors (Lipinski definition) is 1. The van der Waals surface area contributed by atoms with E-state index in [1.807, 2.05) is 51.1 Å². The van der Waals surface area contributed by atoms with Gasteiger partial charge in [0, 0.05) is 10.7 Å². The largest absolute Gasteiger partial charge is 0.485 e. The Hall–Kier alpha value is -2.72. The molecule has 4 nitrogen and oxygen atoms in total. The Balaban J connectivity index is 1.71. The van der Waals surface area contributed by atoms with Crippen molar-refractivity contribution in [1.29, 1.82) is 0 Å². The zero-order valence-electron chi connectivity index (χ0n) is 17.4. The van der Waals surface area contributed by atoms with Gasteiger partial charge in [0.2, 0.25) is 0 Å². The number of aryl methyl sites for hydroxylation is 3. The Bertz CT molecular complexity index is 1020. The van der Waals surface area contributed by atoms with Crippen molar-refractivity contribution in [3.63, 3.8) is 0 Å². The summed E-state index contributed by atoms with van der Waals surface area (Å²) in [5.74, 6) is 1.61. The number of furan rings is 1. The monoisotopic (exact) mass is 411 g/mol. The molecule has 152 valence electrons. The lowest BCUT2D eigenvalue weighted by Gasteiger charge is -2.15. The molecule has 3 aromatic rings. The zero-order valence-corrected chi connectivity index (χ0v) is 18.2. The van der Waals surface area contributed by atoms with E-state index in [2.05, 4.69) is 19.2 Å². The van der Waals surface area contributed by atoms with Gasteiger partial charge in [0.25, 0.3) is 5.91 Å². The third-order valence-electron chi connectivity index (χ3n) is 4.89. The highest BCUT2D eigenvalue weighted by Gasteiger charge is 2.15. The molecular formula is C24H26ClNO3. The number of benzene rings is 2. The first kappa shape index (κ1) is 21.0. The number of amides is 1. The Labute approximate surface area is 176 Å². The fourth-order valence-electron chi connectivity index (χ4n) is 3.16. The number of para-hydroxylation sites is 1. The number of nitrogens with one attached hydrogen (secondary N) is 1. The number of rotatable bonds is 6. The van der Waals surface area contributed by atoms with E-state index in [9.17, 15) is 4.79 Å². The van der Waals surface area contributed by atoms with Gasteiger partial charge in [0.15, 0.2) is 5.76 Å². The lowest BCUT2D eigenvalue weighted by Crippen LogP contribution is -2.13. The molecule has 1 amide bonds. The second kappa shape index (κ2) is 8.75. The molecule has 0 saturated carbocycles. The van der Waals surface area contributed by atoms with Gasteiger partial charge >= 0.3 is 0 Å². The van der Waals surface area contributed by atoms with E-state index in [1.54, 1.807) is 12.1 Å². The van der Waals surface area contributed by atoms with Gasteiger partial charge in [-0.05, 0) is 73.2 Å². The van der Waals surface area contributed by atoms with Crippen LogP contribution in [0.25, 0.3) is 0 Å². The van der Waals surface area contributed by atoms with Crippen molar-refractivity contribution in [2.45, 2.75) is 47.1 Å². The molecule has 3 rings (SSSR count). The molecule has 0 aliphatic heterocycles. The van der Waals surface area contributed by atoms with Crippen LogP contribution in [0, 0.1) is 20.8 Å². The van der Waals surface area contributed by atoms with E-state index >= 15 is 0 Å². The highest BCUT2D eigenvalue weighted by atomic mass is 35.5. The van der Waals surface area contributed by atoms with E-state index in [4.69, 9.17) is 20.8 Å². The molecule has 1 N–H and O–H groups in total. The van der Waals surface area contributed by atoms with Crippen LogP contribution in [0.4, 0.5) is 5.69 Å². The van der Waals surface area contributed by atoms with Crippen molar-refractivity contribution in [3.05, 3.63) is 81.3 Å². The first-order chi connectivity index (χ1) is 13.8. The summed E-state index contributed by atoms with van der Waals surface area (Å²) < 4.78 is 11.7. The number of carbonyl (C=O) groups excluding carboxylic acids is 1. The van der Waals surface area contributed by atoms with Crippen LogP contribution in [-0.2, 0) is 6.61 Å². The highest BCUT2D eigenvalue weighted by Crippen LogP contribution is 2.32. The van der Waals surface area contributed by atoms with Gasteiger partial charge in [-0.25, -0.2) is 0 Å². The minimum absolute atomic E-state index is 0.234. The molecule has 0 aliphatic carbocycles. The van der Waals surface area contributed by atoms with E-state index in [0.29, 0.717) is 5.76 Å². The van der Waals surface area contributed by atoms with Crippen LogP contribution in [0.15, 0.2) is 46.9 Å². The molecule has 0 fully saturated rings. The first-order valence-electron chi connectivity index (χ1n) is 9.65. The first-order valence-corrected chi connectivity index (χ1v) is 10.0. The number of halogens is 1. The highest BCUT2D eigenvalue weighted by molar-refractivity contribution is 6.31. The second-order valence-electron chi connectivity index (χ2n) is 7.57. The number of anilines is 1. The van der Waals surface area contributed by atoms with Crippen LogP contribution in [0.1, 0.15) is 58.3 Å². The van der Waals surface area contributed by atoms with Gasteiger partial charge in [0.05, 0.1) is 0 Å². The molecule has 0 saturated heterocycles. The molecule has 0 atom stereocenters. The van der Waals surface area contributed by atoms with Crippen LogP contribution in [0.2, 0.25) is 5.02 Å². The molecule has 5 heteroatoms. The summed E-state index contributed by atoms with van der Waals surface area (Å²) in [6, 6.07) is 13.2. The minimum Gasteiger partial charge on any atom is -0.485 e. The molecule has 0 unspecified atom stereocenters. The number of carbonyl (C=O) groups is 1. The van der Waals surface area contributed by atoms with Crippen LogP contribution in [0.3, 0.4) is 0 Å². The topological polar surface area (TPSA) is 51.5 Å². The molecule has 0 aliphatic rings. The van der Waals surface area contributed by atoms with Gasteiger partial charge in [0.1, 0.15) is 18.1 Å². The van der Waals surface area contributed by atoms with Gasteiger partial charge < -0.3 is 14.5 Å². The third kappa shape index (κ3) is 4.83. The van der Waals surface area contributed by atoms with Gasteiger partial charge in [-0.1, -0.05) is 43.6 Å². The molecule has 0 bridgehead atoms. The number of hydrogen-bond acceptors (Lipinski definition) is 3. The van der Waals surface area contributed by atoms with E-state index < -0.39 is 0 Å². The zero-order chi connectivity index (χ0) is 21.1. The predicted octanol–water partition coefficient (Wildman–Crippen LogP) is 6.81. The molecule has 0 radical (unpaired) electrons. The smallest absolute Gasteiger partial charge is 0.291 e. The SMILES string of the molecule is Cc1cc(OCc2ccc(C(=O)Nc3c(C)cccc3C)o2)c(C(C)C)cc1Cl. The third-order valence-corrected chi connectivity index (χ3v) is 5.30. The maximum atomic E-state index is 12.6. The molecule has 1 aromatic heterocycles.